The fourth-order valence-electron chi connectivity index (χ4n) is 3.94. The fraction of sp³-hybridized carbons (Fsp3) is 0.450. The monoisotopic (exact) mass is 352 g/mol. The molecule has 2 aliphatic heterocycles. The number of carbonyl (C=O) groups excluding carboxylic acids is 1. The number of rotatable bonds is 3. The average molecular weight is 352 g/mol. The van der Waals surface area contributed by atoms with Crippen LogP contribution in [0.15, 0.2) is 42.7 Å². The third-order valence-electron chi connectivity index (χ3n) is 5.36. The normalized spacial score (nSPS) is 24.0. The molecule has 3 heterocycles. The topological polar surface area (TPSA) is 69.6 Å². The van der Waals surface area contributed by atoms with Crippen molar-refractivity contribution in [2.24, 2.45) is 0 Å². The quantitative estimate of drug-likeness (QED) is 0.912. The Morgan fingerprint density at radius 2 is 1.69 bits per heavy atom. The van der Waals surface area contributed by atoms with Crippen LogP contribution in [-0.4, -0.2) is 69.1 Å². The molecule has 0 radical (unpaired) electrons. The van der Waals surface area contributed by atoms with Crippen LogP contribution in [0.4, 0.5) is 0 Å². The van der Waals surface area contributed by atoms with E-state index >= 15 is 0 Å². The van der Waals surface area contributed by atoms with Gasteiger partial charge in [-0.25, -0.2) is 9.97 Å². The fourth-order valence-corrected chi connectivity index (χ4v) is 3.94. The van der Waals surface area contributed by atoms with Gasteiger partial charge in [0.2, 0.25) is 0 Å². The van der Waals surface area contributed by atoms with Crippen LogP contribution in [0.5, 0.6) is 0 Å². The maximum Gasteiger partial charge on any atom is 0.253 e. The third-order valence-corrected chi connectivity index (χ3v) is 5.36. The molecule has 4 rings (SSSR count). The molecule has 136 valence electrons. The molecule has 0 spiro atoms. The number of aliphatic hydroxyl groups excluding tert-OH is 1. The van der Waals surface area contributed by atoms with Gasteiger partial charge >= 0.3 is 0 Å². The van der Waals surface area contributed by atoms with E-state index in [1.54, 1.807) is 23.4 Å². The molecule has 26 heavy (non-hydrogen) atoms. The van der Waals surface area contributed by atoms with Crippen LogP contribution >= 0.6 is 0 Å². The van der Waals surface area contributed by atoms with E-state index in [1.807, 2.05) is 24.3 Å². The molecule has 1 aromatic heterocycles. The molecule has 1 amide bonds. The van der Waals surface area contributed by atoms with Crippen molar-refractivity contribution in [3.63, 3.8) is 0 Å². The first kappa shape index (κ1) is 17.1. The van der Waals surface area contributed by atoms with Gasteiger partial charge in [-0.2, -0.15) is 0 Å². The number of nitrogens with zero attached hydrogens (tertiary/aromatic N) is 4. The van der Waals surface area contributed by atoms with E-state index in [-0.39, 0.29) is 11.9 Å². The smallest absolute Gasteiger partial charge is 0.253 e. The van der Waals surface area contributed by atoms with Crippen LogP contribution in [-0.2, 0) is 0 Å². The zero-order valence-corrected chi connectivity index (χ0v) is 14.8. The van der Waals surface area contributed by atoms with Gasteiger partial charge in [0, 0.05) is 36.6 Å². The van der Waals surface area contributed by atoms with Crippen molar-refractivity contribution < 1.29 is 9.90 Å². The molecule has 0 aliphatic carbocycles. The van der Waals surface area contributed by atoms with Crippen molar-refractivity contribution in [3.8, 4) is 11.4 Å². The summed E-state index contributed by atoms with van der Waals surface area (Å²) in [7, 11) is 0. The number of hydrogen-bond donors (Lipinski definition) is 1. The first-order chi connectivity index (χ1) is 12.7. The molecule has 6 heteroatoms. The van der Waals surface area contributed by atoms with E-state index in [0.717, 1.165) is 18.7 Å². The van der Waals surface area contributed by atoms with Crippen LogP contribution < -0.4 is 0 Å². The predicted molar refractivity (Wildman–Crippen MR) is 98.6 cm³/mol. The number of benzene rings is 1. The molecule has 2 aromatic rings. The summed E-state index contributed by atoms with van der Waals surface area (Å²) in [6, 6.07) is 9.22. The molecule has 0 bridgehead atoms. The van der Waals surface area contributed by atoms with Crippen molar-refractivity contribution in [1.29, 1.82) is 0 Å². The Morgan fingerprint density at radius 3 is 2.38 bits per heavy atom. The highest BCUT2D eigenvalue weighted by molar-refractivity contribution is 5.94. The minimum atomic E-state index is -0.464. The van der Waals surface area contributed by atoms with Gasteiger partial charge in [0.25, 0.3) is 5.91 Å². The lowest BCUT2D eigenvalue weighted by Gasteiger charge is -2.33. The summed E-state index contributed by atoms with van der Waals surface area (Å²) in [6.07, 6.45) is 6.57. The summed E-state index contributed by atoms with van der Waals surface area (Å²) < 4.78 is 0. The van der Waals surface area contributed by atoms with Crippen LogP contribution in [0.2, 0.25) is 0 Å². The molecule has 6 nitrogen and oxygen atoms in total. The third kappa shape index (κ3) is 3.48. The molecular formula is C20H24N4O2. The Labute approximate surface area is 153 Å². The first-order valence-corrected chi connectivity index (χ1v) is 9.31. The second-order valence-corrected chi connectivity index (χ2v) is 7.09. The molecule has 1 aromatic carbocycles. The van der Waals surface area contributed by atoms with Crippen LogP contribution in [0.3, 0.4) is 0 Å². The van der Waals surface area contributed by atoms with Gasteiger partial charge in [-0.3, -0.25) is 9.69 Å². The van der Waals surface area contributed by atoms with Gasteiger partial charge in [0.1, 0.15) is 0 Å². The number of hydrogen-bond acceptors (Lipinski definition) is 5. The van der Waals surface area contributed by atoms with Gasteiger partial charge in [-0.15, -0.1) is 0 Å². The molecule has 2 saturated heterocycles. The Balaban J connectivity index is 1.44. The highest BCUT2D eigenvalue weighted by Crippen LogP contribution is 2.23. The predicted octanol–water partition coefficient (Wildman–Crippen LogP) is 1.81. The van der Waals surface area contributed by atoms with Crippen LogP contribution in [0.1, 0.15) is 29.6 Å². The summed E-state index contributed by atoms with van der Waals surface area (Å²) in [6.45, 7) is 3.05. The molecule has 2 fully saturated rings. The van der Waals surface area contributed by atoms with Crippen LogP contribution in [0.25, 0.3) is 11.4 Å². The Kier molecular flexibility index (Phi) is 4.95. The molecule has 1 N–H and O–H groups in total. The van der Waals surface area contributed by atoms with E-state index in [0.29, 0.717) is 24.5 Å². The van der Waals surface area contributed by atoms with Crippen molar-refractivity contribution in [3.05, 3.63) is 48.3 Å². The highest BCUT2D eigenvalue weighted by Gasteiger charge is 2.38. The largest absolute Gasteiger partial charge is 0.390 e. The number of aliphatic hydroxyl groups is 1. The van der Waals surface area contributed by atoms with Crippen molar-refractivity contribution in [1.82, 2.24) is 19.8 Å². The van der Waals surface area contributed by atoms with E-state index in [1.165, 1.54) is 19.3 Å². The number of amides is 1. The van der Waals surface area contributed by atoms with Crippen molar-refractivity contribution in [2.75, 3.05) is 26.2 Å². The Morgan fingerprint density at radius 1 is 1.00 bits per heavy atom. The SMILES string of the molecule is O=C(c1ccc(-c2ncccn2)cc1)N1C[C@H](O)[C@@H](N2CCCCC2)C1. The summed E-state index contributed by atoms with van der Waals surface area (Å²) in [5.74, 6) is 0.623. The molecule has 0 unspecified atom stereocenters. The summed E-state index contributed by atoms with van der Waals surface area (Å²) >= 11 is 0. The zero-order valence-electron chi connectivity index (χ0n) is 14.8. The standard InChI is InChI=1S/C20H24N4O2/c25-18-14-24(13-17(18)23-11-2-1-3-12-23)20(26)16-7-5-15(6-8-16)19-21-9-4-10-22-19/h4-10,17-18,25H,1-3,11-14H2/t17-,18-/m0/s1. The number of β-amino-alcohol motifs (C(OH)–C–C–N with tert-alkyl or cyclic N) is 1. The molecule has 2 aliphatic rings. The lowest BCUT2D eigenvalue weighted by atomic mass is 10.1. The van der Waals surface area contributed by atoms with E-state index in [2.05, 4.69) is 14.9 Å². The maximum absolute atomic E-state index is 12.8. The second-order valence-electron chi connectivity index (χ2n) is 7.09. The second kappa shape index (κ2) is 7.51. The number of aromatic nitrogens is 2. The summed E-state index contributed by atoms with van der Waals surface area (Å²) in [5.41, 5.74) is 1.52. The maximum atomic E-state index is 12.8. The lowest BCUT2D eigenvalue weighted by Crippen LogP contribution is -2.46. The van der Waals surface area contributed by atoms with Gasteiger partial charge in [0.15, 0.2) is 5.82 Å². The lowest BCUT2D eigenvalue weighted by molar-refractivity contribution is 0.0702. The van der Waals surface area contributed by atoms with E-state index in [9.17, 15) is 9.90 Å². The van der Waals surface area contributed by atoms with Crippen molar-refractivity contribution in [2.45, 2.75) is 31.4 Å². The Hall–Kier alpha value is -2.31. The minimum Gasteiger partial charge on any atom is -0.390 e. The molecule has 0 saturated carbocycles. The first-order valence-electron chi connectivity index (χ1n) is 9.31. The summed E-state index contributed by atoms with van der Waals surface area (Å²) in [5, 5.41) is 10.4. The van der Waals surface area contributed by atoms with Gasteiger partial charge in [-0.05, 0) is 44.1 Å². The Bertz CT molecular complexity index is 744. The van der Waals surface area contributed by atoms with Gasteiger partial charge < -0.3 is 10.0 Å². The molecular weight excluding hydrogens is 328 g/mol. The van der Waals surface area contributed by atoms with Crippen LogP contribution in [0, 0.1) is 0 Å². The van der Waals surface area contributed by atoms with Gasteiger partial charge in [-0.1, -0.05) is 18.6 Å². The van der Waals surface area contributed by atoms with E-state index < -0.39 is 6.10 Å². The van der Waals surface area contributed by atoms with E-state index in [4.69, 9.17) is 0 Å². The minimum absolute atomic E-state index is 0.0240. The summed E-state index contributed by atoms with van der Waals surface area (Å²) in [4.78, 5) is 25.4. The van der Waals surface area contributed by atoms with Gasteiger partial charge in [0.05, 0.1) is 12.1 Å². The number of carbonyl (C=O) groups is 1. The highest BCUT2D eigenvalue weighted by atomic mass is 16.3. The average Bonchev–Trinajstić information content (AvgIpc) is 3.10. The number of likely N-dealkylation sites (tertiary alicyclic amines) is 2. The zero-order chi connectivity index (χ0) is 17.9. The molecule has 2 atom stereocenters. The number of piperidine rings is 1. The van der Waals surface area contributed by atoms with Crippen molar-refractivity contribution >= 4 is 5.91 Å².